The highest BCUT2D eigenvalue weighted by Crippen LogP contribution is 2.27. The van der Waals surface area contributed by atoms with Gasteiger partial charge in [-0.25, -0.2) is 8.42 Å². The maximum Gasteiger partial charge on any atom is 0.243 e. The maximum atomic E-state index is 12.9. The van der Waals surface area contributed by atoms with Gasteiger partial charge in [0.25, 0.3) is 0 Å². The molecule has 2 rings (SSSR count). The van der Waals surface area contributed by atoms with E-state index in [1.54, 1.807) is 12.1 Å². The highest BCUT2D eigenvalue weighted by molar-refractivity contribution is 7.89. The SMILES string of the molecule is CC(=O)Nc1cc(S(=O)(=O)N2CCCC(C(C)N)C2)ccc1C.Cl. The monoisotopic (exact) mass is 375 g/mol. The number of sulfonamides is 1. The van der Waals surface area contributed by atoms with E-state index >= 15 is 0 Å². The van der Waals surface area contributed by atoms with Crippen LogP contribution in [0.4, 0.5) is 5.69 Å². The Labute approximate surface area is 150 Å². The lowest BCUT2D eigenvalue weighted by molar-refractivity contribution is -0.114. The molecule has 1 aliphatic rings. The number of benzene rings is 1. The molecule has 1 saturated heterocycles. The minimum atomic E-state index is -3.58. The molecule has 3 N–H and O–H groups in total. The highest BCUT2D eigenvalue weighted by atomic mass is 35.5. The number of nitrogens with zero attached hydrogens (tertiary/aromatic N) is 1. The van der Waals surface area contributed by atoms with Crippen molar-refractivity contribution in [2.75, 3.05) is 18.4 Å². The normalized spacial score (nSPS) is 20.1. The number of anilines is 1. The van der Waals surface area contributed by atoms with Gasteiger partial charge in [-0.2, -0.15) is 4.31 Å². The quantitative estimate of drug-likeness (QED) is 0.843. The fourth-order valence-electron chi connectivity index (χ4n) is 2.86. The van der Waals surface area contributed by atoms with Crippen molar-refractivity contribution in [3.8, 4) is 0 Å². The minimum absolute atomic E-state index is 0. The summed E-state index contributed by atoms with van der Waals surface area (Å²) in [5, 5.41) is 2.67. The zero-order chi connectivity index (χ0) is 17.2. The fraction of sp³-hybridized carbons (Fsp3) is 0.562. The molecule has 2 atom stereocenters. The third kappa shape index (κ3) is 4.69. The zero-order valence-electron chi connectivity index (χ0n) is 14.3. The summed E-state index contributed by atoms with van der Waals surface area (Å²) in [5.41, 5.74) is 7.29. The molecular formula is C16H26ClN3O3S. The summed E-state index contributed by atoms with van der Waals surface area (Å²) in [6.45, 7) is 6.10. The first-order valence-corrected chi connectivity index (χ1v) is 9.30. The van der Waals surface area contributed by atoms with E-state index in [9.17, 15) is 13.2 Å². The summed E-state index contributed by atoms with van der Waals surface area (Å²) < 4.78 is 27.3. The number of rotatable bonds is 4. The number of hydrogen-bond donors (Lipinski definition) is 2. The van der Waals surface area contributed by atoms with Gasteiger partial charge >= 0.3 is 0 Å². The van der Waals surface area contributed by atoms with Gasteiger partial charge in [-0.15, -0.1) is 12.4 Å². The van der Waals surface area contributed by atoms with Crippen molar-refractivity contribution in [2.24, 2.45) is 11.7 Å². The molecule has 6 nitrogen and oxygen atoms in total. The Morgan fingerprint density at radius 3 is 2.67 bits per heavy atom. The van der Waals surface area contributed by atoms with E-state index in [1.165, 1.54) is 17.3 Å². The Hall–Kier alpha value is -1.15. The molecule has 0 radical (unpaired) electrons. The molecule has 0 saturated carbocycles. The van der Waals surface area contributed by atoms with Gasteiger partial charge in [0, 0.05) is 31.7 Å². The second-order valence-corrected chi connectivity index (χ2v) is 8.22. The summed E-state index contributed by atoms with van der Waals surface area (Å²) in [7, 11) is -3.58. The zero-order valence-corrected chi connectivity index (χ0v) is 15.9. The topological polar surface area (TPSA) is 92.5 Å². The van der Waals surface area contributed by atoms with Crippen LogP contribution in [-0.4, -0.2) is 37.8 Å². The van der Waals surface area contributed by atoms with Crippen LogP contribution in [0.15, 0.2) is 23.1 Å². The van der Waals surface area contributed by atoms with Crippen LogP contribution in [0.1, 0.15) is 32.3 Å². The lowest BCUT2D eigenvalue weighted by atomic mass is 9.93. The Morgan fingerprint density at radius 1 is 1.42 bits per heavy atom. The van der Waals surface area contributed by atoms with Gasteiger partial charge in [0.05, 0.1) is 4.90 Å². The molecule has 0 aliphatic carbocycles. The number of hydrogen-bond acceptors (Lipinski definition) is 4. The first-order chi connectivity index (χ1) is 10.7. The van der Waals surface area contributed by atoms with Crippen LogP contribution in [0.2, 0.25) is 0 Å². The Morgan fingerprint density at radius 2 is 2.08 bits per heavy atom. The number of nitrogens with one attached hydrogen (secondary N) is 1. The average molecular weight is 376 g/mol. The van der Waals surface area contributed by atoms with Crippen molar-refractivity contribution in [2.45, 2.75) is 44.6 Å². The van der Waals surface area contributed by atoms with Gasteiger partial charge in [0.15, 0.2) is 0 Å². The van der Waals surface area contributed by atoms with Gasteiger partial charge in [0.1, 0.15) is 0 Å². The lowest BCUT2D eigenvalue weighted by Gasteiger charge is -2.33. The molecule has 8 heteroatoms. The molecule has 1 heterocycles. The van der Waals surface area contributed by atoms with Crippen LogP contribution < -0.4 is 11.1 Å². The molecule has 136 valence electrons. The van der Waals surface area contributed by atoms with Gasteiger partial charge in [0.2, 0.25) is 15.9 Å². The molecule has 0 bridgehead atoms. The average Bonchev–Trinajstić information content (AvgIpc) is 2.49. The summed E-state index contributed by atoms with van der Waals surface area (Å²) in [6.07, 6.45) is 1.77. The van der Waals surface area contributed by atoms with E-state index < -0.39 is 10.0 Å². The Balaban J connectivity index is 0.00000288. The van der Waals surface area contributed by atoms with Gasteiger partial charge in [-0.1, -0.05) is 6.07 Å². The van der Waals surface area contributed by atoms with Gasteiger partial charge in [-0.3, -0.25) is 4.79 Å². The molecular weight excluding hydrogens is 350 g/mol. The van der Waals surface area contributed by atoms with E-state index in [2.05, 4.69) is 5.32 Å². The third-order valence-electron chi connectivity index (χ3n) is 4.32. The Kier molecular flexibility index (Phi) is 7.22. The lowest BCUT2D eigenvalue weighted by Crippen LogP contribution is -2.44. The predicted octanol–water partition coefficient (Wildman–Crippen LogP) is 2.12. The molecule has 1 amide bonds. The summed E-state index contributed by atoms with van der Waals surface area (Å²) in [4.78, 5) is 11.5. The van der Waals surface area contributed by atoms with Crippen LogP contribution >= 0.6 is 12.4 Å². The van der Waals surface area contributed by atoms with Crippen LogP contribution in [0.25, 0.3) is 0 Å². The molecule has 1 aliphatic heterocycles. The number of carbonyl (C=O) groups excluding carboxylic acids is 1. The number of carbonyl (C=O) groups is 1. The van der Waals surface area contributed by atoms with E-state index in [-0.39, 0.29) is 35.2 Å². The van der Waals surface area contributed by atoms with Gasteiger partial charge in [-0.05, 0) is 50.3 Å². The second kappa shape index (κ2) is 8.29. The molecule has 2 unspecified atom stereocenters. The van der Waals surface area contributed by atoms with Crippen molar-refractivity contribution in [1.82, 2.24) is 4.31 Å². The van der Waals surface area contributed by atoms with Crippen LogP contribution in [0.3, 0.4) is 0 Å². The largest absolute Gasteiger partial charge is 0.328 e. The number of piperidine rings is 1. The number of aryl methyl sites for hydroxylation is 1. The summed E-state index contributed by atoms with van der Waals surface area (Å²) in [6, 6.07) is 4.80. The smallest absolute Gasteiger partial charge is 0.243 e. The Bertz CT molecular complexity index is 692. The van der Waals surface area contributed by atoms with E-state index in [0.717, 1.165) is 18.4 Å². The van der Waals surface area contributed by atoms with Gasteiger partial charge < -0.3 is 11.1 Å². The van der Waals surface area contributed by atoms with Crippen LogP contribution in [0.5, 0.6) is 0 Å². The van der Waals surface area contributed by atoms with Crippen molar-refractivity contribution in [3.05, 3.63) is 23.8 Å². The third-order valence-corrected chi connectivity index (χ3v) is 6.18. The van der Waals surface area contributed by atoms with E-state index in [1.807, 2.05) is 13.8 Å². The molecule has 0 spiro atoms. The first kappa shape index (κ1) is 20.9. The highest BCUT2D eigenvalue weighted by Gasteiger charge is 2.31. The molecule has 1 fully saturated rings. The minimum Gasteiger partial charge on any atom is -0.328 e. The molecule has 1 aromatic rings. The molecule has 0 aromatic heterocycles. The van der Waals surface area contributed by atoms with E-state index in [4.69, 9.17) is 5.73 Å². The number of amides is 1. The predicted molar refractivity (Wildman–Crippen MR) is 97.9 cm³/mol. The summed E-state index contributed by atoms with van der Waals surface area (Å²) in [5.74, 6) is -0.0450. The molecule has 1 aromatic carbocycles. The van der Waals surface area contributed by atoms with Crippen molar-refractivity contribution in [3.63, 3.8) is 0 Å². The number of halogens is 1. The molecule has 24 heavy (non-hydrogen) atoms. The van der Waals surface area contributed by atoms with Crippen molar-refractivity contribution in [1.29, 1.82) is 0 Å². The summed E-state index contributed by atoms with van der Waals surface area (Å²) >= 11 is 0. The van der Waals surface area contributed by atoms with Crippen molar-refractivity contribution < 1.29 is 13.2 Å². The van der Waals surface area contributed by atoms with E-state index in [0.29, 0.717) is 18.8 Å². The van der Waals surface area contributed by atoms with Crippen LogP contribution in [0, 0.1) is 12.8 Å². The fourth-order valence-corrected chi connectivity index (χ4v) is 4.42. The maximum absolute atomic E-state index is 12.9. The van der Waals surface area contributed by atoms with Crippen LogP contribution in [-0.2, 0) is 14.8 Å². The first-order valence-electron chi connectivity index (χ1n) is 7.86. The second-order valence-electron chi connectivity index (χ2n) is 6.28. The van der Waals surface area contributed by atoms with Crippen molar-refractivity contribution >= 4 is 34.0 Å². The standard InChI is InChI=1S/C16H25N3O3S.ClH/c1-11-6-7-15(9-16(11)18-13(3)20)23(21,22)19-8-4-5-14(10-19)12(2)17;/h6-7,9,12,14H,4-5,8,10,17H2,1-3H3,(H,18,20);1H. The number of nitrogens with two attached hydrogens (primary N) is 1.